The van der Waals surface area contributed by atoms with Crippen LogP contribution in [-0.2, 0) is 9.47 Å². The maximum Gasteiger partial charge on any atom is 0.340 e. The van der Waals surface area contributed by atoms with Crippen molar-refractivity contribution in [1.82, 2.24) is 4.98 Å². The van der Waals surface area contributed by atoms with Crippen molar-refractivity contribution in [3.05, 3.63) is 41.6 Å². The molecule has 1 aromatic carbocycles. The highest BCUT2D eigenvalue weighted by Crippen LogP contribution is 2.21. The lowest BCUT2D eigenvalue weighted by Crippen LogP contribution is -2.06. The van der Waals surface area contributed by atoms with E-state index in [0.29, 0.717) is 22.0 Å². The van der Waals surface area contributed by atoms with E-state index in [-0.39, 0.29) is 0 Å². The van der Waals surface area contributed by atoms with E-state index in [1.807, 2.05) is 0 Å². The molecule has 18 heavy (non-hydrogen) atoms. The molecule has 2 aromatic rings. The lowest BCUT2D eigenvalue weighted by molar-refractivity contribution is 0.0592. The number of ether oxygens (including phenoxy) is 2. The molecule has 0 saturated carbocycles. The van der Waals surface area contributed by atoms with E-state index in [1.165, 1.54) is 20.4 Å². The Morgan fingerprint density at radius 2 is 1.67 bits per heavy atom. The Kier molecular flexibility index (Phi) is 3.23. The van der Waals surface area contributed by atoms with E-state index in [2.05, 4.69) is 14.5 Å². The van der Waals surface area contributed by atoms with Gasteiger partial charge in [0.05, 0.1) is 30.9 Å². The number of aromatic nitrogens is 1. The third kappa shape index (κ3) is 1.90. The van der Waals surface area contributed by atoms with Gasteiger partial charge in [-0.3, -0.25) is 4.98 Å². The fraction of sp³-hybridized carbons (Fsp3) is 0.154. The van der Waals surface area contributed by atoms with Gasteiger partial charge in [-0.25, -0.2) is 9.59 Å². The smallest absolute Gasteiger partial charge is 0.340 e. The number of fused-ring (bicyclic) bond motifs is 1. The Balaban J connectivity index is 2.73. The van der Waals surface area contributed by atoms with Gasteiger partial charge in [0.1, 0.15) is 0 Å². The molecule has 0 amide bonds. The fourth-order valence-electron chi connectivity index (χ4n) is 1.74. The number of carbonyl (C=O) groups excluding carboxylic acids is 2. The summed E-state index contributed by atoms with van der Waals surface area (Å²) >= 11 is 0. The van der Waals surface area contributed by atoms with Crippen molar-refractivity contribution in [2.45, 2.75) is 0 Å². The molecule has 0 aliphatic carbocycles. The van der Waals surface area contributed by atoms with Gasteiger partial charge in [-0.05, 0) is 12.1 Å². The average molecular weight is 245 g/mol. The van der Waals surface area contributed by atoms with Crippen molar-refractivity contribution in [3.63, 3.8) is 0 Å². The molecule has 1 heterocycles. The maximum atomic E-state index is 11.6. The molecule has 0 fully saturated rings. The molecular weight excluding hydrogens is 234 g/mol. The molecule has 5 heteroatoms. The van der Waals surface area contributed by atoms with Gasteiger partial charge in [0.25, 0.3) is 0 Å². The molecule has 5 nitrogen and oxygen atoms in total. The molecular formula is C13H11NO4. The minimum atomic E-state index is -0.491. The number of nitrogens with zero attached hydrogens (tertiary/aromatic N) is 1. The van der Waals surface area contributed by atoms with Gasteiger partial charge in [-0.15, -0.1) is 0 Å². The molecule has 0 aliphatic rings. The minimum absolute atomic E-state index is 0.320. The first kappa shape index (κ1) is 12.0. The summed E-state index contributed by atoms with van der Waals surface area (Å²) in [4.78, 5) is 27.3. The van der Waals surface area contributed by atoms with E-state index >= 15 is 0 Å². The van der Waals surface area contributed by atoms with Gasteiger partial charge in [0, 0.05) is 11.6 Å². The number of pyridine rings is 1. The van der Waals surface area contributed by atoms with Crippen molar-refractivity contribution in [2.75, 3.05) is 14.2 Å². The molecule has 2 rings (SSSR count). The Hall–Kier alpha value is -2.43. The van der Waals surface area contributed by atoms with Crippen LogP contribution in [0.5, 0.6) is 0 Å². The molecule has 1 aromatic heterocycles. The van der Waals surface area contributed by atoms with Crippen LogP contribution in [0.15, 0.2) is 30.5 Å². The summed E-state index contributed by atoms with van der Waals surface area (Å²) in [7, 11) is 2.60. The van der Waals surface area contributed by atoms with Crippen LogP contribution < -0.4 is 0 Å². The van der Waals surface area contributed by atoms with Crippen molar-refractivity contribution in [2.24, 2.45) is 0 Å². The monoisotopic (exact) mass is 245 g/mol. The Bertz CT molecular complexity index is 566. The van der Waals surface area contributed by atoms with Crippen LogP contribution in [0.1, 0.15) is 20.7 Å². The SMILES string of the molecule is COC(=O)c1ccnc2c(C(=O)OC)cccc12. The van der Waals surface area contributed by atoms with Crippen LogP contribution >= 0.6 is 0 Å². The van der Waals surface area contributed by atoms with Gasteiger partial charge in [-0.1, -0.05) is 12.1 Å². The summed E-state index contributed by atoms with van der Waals surface area (Å²) < 4.78 is 9.36. The zero-order valence-electron chi connectivity index (χ0n) is 9.97. The number of hydrogen-bond donors (Lipinski definition) is 0. The second-order valence-electron chi connectivity index (χ2n) is 3.54. The first-order valence-corrected chi connectivity index (χ1v) is 5.23. The molecule has 0 bridgehead atoms. The molecule has 0 N–H and O–H groups in total. The van der Waals surface area contributed by atoms with Crippen LogP contribution in [0.3, 0.4) is 0 Å². The lowest BCUT2D eigenvalue weighted by Gasteiger charge is -2.07. The first-order valence-electron chi connectivity index (χ1n) is 5.23. The van der Waals surface area contributed by atoms with Gasteiger partial charge in [-0.2, -0.15) is 0 Å². The normalized spacial score (nSPS) is 10.1. The van der Waals surface area contributed by atoms with Crippen molar-refractivity contribution >= 4 is 22.8 Å². The second-order valence-corrected chi connectivity index (χ2v) is 3.54. The van der Waals surface area contributed by atoms with Gasteiger partial charge < -0.3 is 9.47 Å². The summed E-state index contributed by atoms with van der Waals surface area (Å²) in [6, 6.07) is 6.53. The quantitative estimate of drug-likeness (QED) is 0.755. The van der Waals surface area contributed by atoms with Crippen LogP contribution in [0.25, 0.3) is 10.9 Å². The highest BCUT2D eigenvalue weighted by Gasteiger charge is 2.16. The largest absolute Gasteiger partial charge is 0.465 e. The molecule has 92 valence electrons. The number of benzene rings is 1. The number of hydrogen-bond acceptors (Lipinski definition) is 5. The number of carbonyl (C=O) groups is 2. The molecule has 0 radical (unpaired) electrons. The first-order chi connectivity index (χ1) is 8.69. The number of esters is 2. The zero-order chi connectivity index (χ0) is 13.1. The molecule has 0 unspecified atom stereocenters. The van der Waals surface area contributed by atoms with Crippen LogP contribution in [0.2, 0.25) is 0 Å². The predicted molar refractivity (Wildman–Crippen MR) is 64.4 cm³/mol. The topological polar surface area (TPSA) is 65.5 Å². The van der Waals surface area contributed by atoms with Crippen molar-refractivity contribution < 1.29 is 19.1 Å². The van der Waals surface area contributed by atoms with E-state index in [0.717, 1.165) is 0 Å². The Morgan fingerprint density at radius 1 is 1.00 bits per heavy atom. The number of para-hydroxylation sites is 1. The van der Waals surface area contributed by atoms with Gasteiger partial charge >= 0.3 is 11.9 Å². The van der Waals surface area contributed by atoms with E-state index in [4.69, 9.17) is 0 Å². The summed E-state index contributed by atoms with van der Waals surface area (Å²) in [5, 5.41) is 0.562. The standard InChI is InChI=1S/C13H11NO4/c1-17-12(15)9-6-7-14-11-8(9)4-3-5-10(11)13(16)18-2/h3-7H,1-2H3. The summed E-state index contributed by atoms with van der Waals surface area (Å²) in [5.41, 5.74) is 1.11. The van der Waals surface area contributed by atoms with Crippen LogP contribution in [-0.4, -0.2) is 31.1 Å². The minimum Gasteiger partial charge on any atom is -0.465 e. The number of methoxy groups -OCH3 is 2. The van der Waals surface area contributed by atoms with Gasteiger partial charge in [0.2, 0.25) is 0 Å². The highest BCUT2D eigenvalue weighted by atomic mass is 16.5. The van der Waals surface area contributed by atoms with Crippen molar-refractivity contribution in [3.8, 4) is 0 Å². The predicted octanol–water partition coefficient (Wildman–Crippen LogP) is 1.81. The third-order valence-corrected chi connectivity index (χ3v) is 2.58. The highest BCUT2D eigenvalue weighted by molar-refractivity contribution is 6.09. The third-order valence-electron chi connectivity index (χ3n) is 2.58. The molecule has 0 spiro atoms. The molecule has 0 aliphatic heterocycles. The van der Waals surface area contributed by atoms with Crippen molar-refractivity contribution in [1.29, 1.82) is 0 Å². The lowest BCUT2D eigenvalue weighted by atomic mass is 10.1. The van der Waals surface area contributed by atoms with Gasteiger partial charge in [0.15, 0.2) is 0 Å². The zero-order valence-corrected chi connectivity index (χ0v) is 9.97. The summed E-state index contributed by atoms with van der Waals surface area (Å²) in [6.45, 7) is 0. The van der Waals surface area contributed by atoms with E-state index < -0.39 is 11.9 Å². The molecule has 0 atom stereocenters. The summed E-state index contributed by atoms with van der Waals surface area (Å²) in [6.07, 6.45) is 1.46. The Labute approximate surface area is 103 Å². The Morgan fingerprint density at radius 3 is 2.33 bits per heavy atom. The molecule has 0 saturated heterocycles. The summed E-state index contributed by atoms with van der Waals surface area (Å²) in [5.74, 6) is -0.959. The van der Waals surface area contributed by atoms with Crippen LogP contribution in [0, 0.1) is 0 Å². The average Bonchev–Trinajstić information content (AvgIpc) is 2.44. The van der Waals surface area contributed by atoms with E-state index in [1.54, 1.807) is 24.3 Å². The fourth-order valence-corrected chi connectivity index (χ4v) is 1.74. The number of rotatable bonds is 2. The second kappa shape index (κ2) is 4.83. The van der Waals surface area contributed by atoms with Crippen LogP contribution in [0.4, 0.5) is 0 Å². The van der Waals surface area contributed by atoms with E-state index in [9.17, 15) is 9.59 Å². The maximum absolute atomic E-state index is 11.6.